The molecule has 3 aromatic rings. The van der Waals surface area contributed by atoms with Gasteiger partial charge in [0.1, 0.15) is 16.9 Å². The monoisotopic (exact) mass is 519 g/mol. The van der Waals surface area contributed by atoms with Crippen molar-refractivity contribution >= 4 is 52.0 Å². The Morgan fingerprint density at radius 1 is 1.23 bits per heavy atom. The van der Waals surface area contributed by atoms with Gasteiger partial charge in [-0.25, -0.2) is 14.8 Å². The highest BCUT2D eigenvalue weighted by Crippen LogP contribution is 2.40. The molecule has 190 valence electrons. The van der Waals surface area contributed by atoms with E-state index in [4.69, 9.17) is 27.1 Å². The number of nitrogens with zero attached hydrogens (tertiary/aromatic N) is 4. The Bertz CT molecular complexity index is 1170. The number of piperidine rings is 1. The number of carbonyl (C=O) groups is 1. The zero-order valence-corrected chi connectivity index (χ0v) is 22.7. The van der Waals surface area contributed by atoms with Crippen LogP contribution in [0.25, 0.3) is 10.9 Å². The number of hydrogen-bond acceptors (Lipinski definition) is 8. The Morgan fingerprint density at radius 3 is 2.57 bits per heavy atom. The van der Waals surface area contributed by atoms with Crippen molar-refractivity contribution in [2.45, 2.75) is 75.3 Å². The third-order valence-electron chi connectivity index (χ3n) is 5.50. The number of aromatic amines is 1. The highest BCUT2D eigenvalue weighted by Gasteiger charge is 2.34. The summed E-state index contributed by atoms with van der Waals surface area (Å²) < 4.78 is 5.43. The first-order valence-corrected chi connectivity index (χ1v) is 12.9. The third-order valence-corrected chi connectivity index (χ3v) is 7.12. The number of nitrogens with one attached hydrogen (secondary N) is 2. The molecule has 0 aliphatic carbocycles. The standard InChI is InChI=1S/C22H28ClN7O2S.C2H6/c1-21(2,3)32-20(31)28-22(4)6-9-30(10-7-22)19-17-13(11-27-29-17)15(12-26-19)33-14-5-8-25-18(24)16(14)23;1-2/h5,8,11-12H,6-7,9-10H2,1-4H3,(H2,24,25)(H,27,29)(H,28,31);1-2H3. The second kappa shape index (κ2) is 10.9. The molecular formula is C24H34ClN7O2S. The number of H-pyrrole nitrogens is 1. The minimum Gasteiger partial charge on any atom is -0.444 e. The molecule has 3 aromatic heterocycles. The number of pyridine rings is 2. The summed E-state index contributed by atoms with van der Waals surface area (Å²) in [5.74, 6) is 1.14. The van der Waals surface area contributed by atoms with Crippen LogP contribution in [0.1, 0.15) is 54.4 Å². The van der Waals surface area contributed by atoms with E-state index >= 15 is 0 Å². The van der Waals surface area contributed by atoms with Crippen molar-refractivity contribution in [3.63, 3.8) is 0 Å². The fourth-order valence-electron chi connectivity index (χ4n) is 3.74. The average Bonchev–Trinajstić information content (AvgIpc) is 3.28. The lowest BCUT2D eigenvalue weighted by atomic mass is 9.89. The summed E-state index contributed by atoms with van der Waals surface area (Å²) >= 11 is 7.79. The molecule has 1 fully saturated rings. The number of nitrogens with two attached hydrogens (primary N) is 1. The van der Waals surface area contributed by atoms with Crippen molar-refractivity contribution in [2.75, 3.05) is 23.7 Å². The van der Waals surface area contributed by atoms with Crippen LogP contribution in [0.4, 0.5) is 16.4 Å². The number of ether oxygens (including phenoxy) is 1. The smallest absolute Gasteiger partial charge is 0.408 e. The number of amides is 1. The predicted molar refractivity (Wildman–Crippen MR) is 142 cm³/mol. The molecule has 0 saturated carbocycles. The van der Waals surface area contributed by atoms with Crippen LogP contribution in [-0.2, 0) is 4.74 Å². The van der Waals surface area contributed by atoms with Crippen molar-refractivity contribution in [3.8, 4) is 0 Å². The zero-order chi connectivity index (χ0) is 25.8. The number of alkyl carbamates (subject to hydrolysis) is 1. The maximum atomic E-state index is 12.3. The minimum absolute atomic E-state index is 0.297. The first-order valence-electron chi connectivity index (χ1n) is 11.7. The molecule has 4 N–H and O–H groups in total. The Kier molecular flexibility index (Phi) is 8.38. The van der Waals surface area contributed by atoms with Crippen LogP contribution in [0.3, 0.4) is 0 Å². The van der Waals surface area contributed by atoms with E-state index in [-0.39, 0.29) is 11.6 Å². The molecule has 1 aliphatic rings. The molecule has 0 spiro atoms. The van der Waals surface area contributed by atoms with Crippen molar-refractivity contribution in [3.05, 3.63) is 29.7 Å². The summed E-state index contributed by atoms with van der Waals surface area (Å²) in [5, 5.41) is 11.8. The van der Waals surface area contributed by atoms with E-state index in [2.05, 4.69) is 32.3 Å². The maximum Gasteiger partial charge on any atom is 0.408 e. The fraction of sp³-hybridized carbons (Fsp3) is 0.500. The molecule has 4 rings (SSSR count). The van der Waals surface area contributed by atoms with E-state index in [1.165, 1.54) is 11.8 Å². The lowest BCUT2D eigenvalue weighted by molar-refractivity contribution is 0.0448. The maximum absolute atomic E-state index is 12.3. The molecule has 0 bridgehead atoms. The van der Waals surface area contributed by atoms with Gasteiger partial charge in [0.15, 0.2) is 5.82 Å². The normalized spacial score (nSPS) is 15.3. The zero-order valence-electron chi connectivity index (χ0n) is 21.1. The summed E-state index contributed by atoms with van der Waals surface area (Å²) in [5.41, 5.74) is 5.84. The number of aromatic nitrogens is 4. The van der Waals surface area contributed by atoms with Gasteiger partial charge in [-0.3, -0.25) is 5.10 Å². The molecule has 1 amide bonds. The molecule has 9 nitrogen and oxygen atoms in total. The van der Waals surface area contributed by atoms with Gasteiger partial charge in [0.2, 0.25) is 0 Å². The Balaban J connectivity index is 0.00000167. The molecule has 1 saturated heterocycles. The second-order valence-electron chi connectivity index (χ2n) is 9.39. The highest BCUT2D eigenvalue weighted by molar-refractivity contribution is 7.99. The van der Waals surface area contributed by atoms with Gasteiger partial charge in [-0.2, -0.15) is 5.10 Å². The molecule has 35 heavy (non-hydrogen) atoms. The first kappa shape index (κ1) is 26.9. The second-order valence-corrected chi connectivity index (χ2v) is 10.9. The van der Waals surface area contributed by atoms with Gasteiger partial charge in [0.25, 0.3) is 0 Å². The van der Waals surface area contributed by atoms with E-state index in [9.17, 15) is 4.79 Å². The summed E-state index contributed by atoms with van der Waals surface area (Å²) in [6.45, 7) is 13.1. The SMILES string of the molecule is CC.CC1(NC(=O)OC(C)(C)C)CCN(c2ncc(Sc3ccnc(N)c3Cl)c3cn[nH]c23)CC1. The largest absolute Gasteiger partial charge is 0.444 e. The molecule has 0 atom stereocenters. The lowest BCUT2D eigenvalue weighted by Gasteiger charge is -2.40. The summed E-state index contributed by atoms with van der Waals surface area (Å²) in [6.07, 6.45) is 6.41. The first-order chi connectivity index (χ1) is 16.5. The van der Waals surface area contributed by atoms with E-state index in [1.807, 2.05) is 46.9 Å². The Hall–Kier alpha value is -2.72. The number of halogens is 1. The van der Waals surface area contributed by atoms with Crippen LogP contribution in [0.2, 0.25) is 5.02 Å². The van der Waals surface area contributed by atoms with Crippen molar-refractivity contribution in [2.24, 2.45) is 0 Å². The van der Waals surface area contributed by atoms with Crippen LogP contribution in [0, 0.1) is 0 Å². The number of rotatable bonds is 4. The van der Waals surface area contributed by atoms with Crippen LogP contribution in [0.15, 0.2) is 34.4 Å². The van der Waals surface area contributed by atoms with E-state index in [1.54, 1.807) is 12.4 Å². The topological polar surface area (TPSA) is 122 Å². The quantitative estimate of drug-likeness (QED) is 0.404. The molecule has 1 aliphatic heterocycles. The molecule has 0 aromatic carbocycles. The molecule has 0 unspecified atom stereocenters. The predicted octanol–water partition coefficient (Wildman–Crippen LogP) is 5.65. The number of nitrogen functional groups attached to an aromatic ring is 1. The van der Waals surface area contributed by atoms with Gasteiger partial charge >= 0.3 is 6.09 Å². The lowest BCUT2D eigenvalue weighted by Crippen LogP contribution is -2.54. The van der Waals surface area contributed by atoms with E-state index in [0.29, 0.717) is 10.8 Å². The number of hydrogen-bond donors (Lipinski definition) is 3. The van der Waals surface area contributed by atoms with Crippen LogP contribution in [0.5, 0.6) is 0 Å². The third kappa shape index (κ3) is 6.49. The molecule has 11 heteroatoms. The van der Waals surface area contributed by atoms with Gasteiger partial charge in [-0.1, -0.05) is 37.2 Å². The summed E-state index contributed by atoms with van der Waals surface area (Å²) in [4.78, 5) is 25.0. The van der Waals surface area contributed by atoms with Crippen molar-refractivity contribution in [1.29, 1.82) is 0 Å². The molecule has 0 radical (unpaired) electrons. The van der Waals surface area contributed by atoms with Gasteiger partial charge < -0.3 is 20.7 Å². The molecular weight excluding hydrogens is 486 g/mol. The summed E-state index contributed by atoms with van der Waals surface area (Å²) in [6, 6.07) is 1.83. The van der Waals surface area contributed by atoms with Crippen LogP contribution >= 0.6 is 23.4 Å². The van der Waals surface area contributed by atoms with Crippen LogP contribution in [-0.4, -0.2) is 50.5 Å². The fourth-order valence-corrected chi connectivity index (χ4v) is 4.90. The Morgan fingerprint density at radius 2 is 1.91 bits per heavy atom. The van der Waals surface area contributed by atoms with Gasteiger partial charge in [-0.05, 0) is 46.6 Å². The van der Waals surface area contributed by atoms with E-state index < -0.39 is 5.60 Å². The van der Waals surface area contributed by atoms with Gasteiger partial charge in [0, 0.05) is 46.2 Å². The van der Waals surface area contributed by atoms with Crippen LogP contribution < -0.4 is 16.0 Å². The summed E-state index contributed by atoms with van der Waals surface area (Å²) in [7, 11) is 0. The highest BCUT2D eigenvalue weighted by atomic mass is 35.5. The van der Waals surface area contributed by atoms with E-state index in [0.717, 1.165) is 52.4 Å². The van der Waals surface area contributed by atoms with Gasteiger partial charge in [-0.15, -0.1) is 0 Å². The number of fused-ring (bicyclic) bond motifs is 1. The minimum atomic E-state index is -0.525. The van der Waals surface area contributed by atoms with Gasteiger partial charge in [0.05, 0.1) is 11.2 Å². The van der Waals surface area contributed by atoms with Crippen molar-refractivity contribution < 1.29 is 9.53 Å². The Labute approximate surface area is 215 Å². The van der Waals surface area contributed by atoms with Crippen molar-refractivity contribution in [1.82, 2.24) is 25.5 Å². The number of anilines is 2. The number of carbonyl (C=O) groups excluding carboxylic acids is 1. The average molecular weight is 520 g/mol. The molecule has 4 heterocycles.